The van der Waals surface area contributed by atoms with Crippen molar-refractivity contribution in [3.05, 3.63) is 29.5 Å². The molecular weight excluding hydrogens is 398 g/mol. The molecule has 2 saturated carbocycles. The molecule has 2 aliphatic carbocycles. The molecular formula is C22H27N5S2. The second kappa shape index (κ2) is 7.84. The topological polar surface area (TPSA) is 63.6 Å². The molecule has 0 saturated heterocycles. The molecule has 5 rings (SSSR count). The van der Waals surface area contributed by atoms with Gasteiger partial charge in [0.2, 0.25) is 0 Å². The number of aryl methyl sites for hydroxylation is 2. The first-order valence-electron chi connectivity index (χ1n) is 10.5. The summed E-state index contributed by atoms with van der Waals surface area (Å²) in [6, 6.07) is 2.57. The SMILES string of the molecule is CSCC1CCC(Nc2nc(C)nc(C)c2-c2nc3c(C4CC4)nccc3s2)C1. The Hall–Kier alpha value is -1.73. The number of anilines is 1. The van der Waals surface area contributed by atoms with E-state index in [1.54, 1.807) is 11.3 Å². The third-order valence-electron chi connectivity index (χ3n) is 6.00. The molecule has 0 bridgehead atoms. The molecule has 152 valence electrons. The Morgan fingerprint density at radius 1 is 1.14 bits per heavy atom. The zero-order valence-electron chi connectivity index (χ0n) is 17.2. The highest BCUT2D eigenvalue weighted by molar-refractivity contribution is 7.98. The largest absolute Gasteiger partial charge is 0.367 e. The van der Waals surface area contributed by atoms with Gasteiger partial charge >= 0.3 is 0 Å². The van der Waals surface area contributed by atoms with Crippen molar-refractivity contribution in [2.24, 2.45) is 5.92 Å². The summed E-state index contributed by atoms with van der Waals surface area (Å²) in [7, 11) is 0. The predicted octanol–water partition coefficient (Wildman–Crippen LogP) is 5.59. The number of nitrogens with one attached hydrogen (secondary N) is 1. The van der Waals surface area contributed by atoms with Crippen molar-refractivity contribution >= 4 is 39.1 Å². The molecule has 2 unspecified atom stereocenters. The zero-order valence-corrected chi connectivity index (χ0v) is 18.9. The van der Waals surface area contributed by atoms with E-state index in [0.717, 1.165) is 39.3 Å². The fraction of sp³-hybridized carbons (Fsp3) is 0.545. The van der Waals surface area contributed by atoms with Crippen LogP contribution in [-0.2, 0) is 0 Å². The zero-order chi connectivity index (χ0) is 20.0. The second-order valence-corrected chi connectivity index (χ2v) is 10.3. The molecule has 29 heavy (non-hydrogen) atoms. The Labute approximate surface area is 180 Å². The van der Waals surface area contributed by atoms with Gasteiger partial charge in [0, 0.05) is 18.2 Å². The first-order chi connectivity index (χ1) is 14.1. The van der Waals surface area contributed by atoms with Crippen LogP contribution < -0.4 is 5.32 Å². The van der Waals surface area contributed by atoms with E-state index in [1.807, 2.05) is 24.9 Å². The smallest absolute Gasteiger partial charge is 0.140 e. The summed E-state index contributed by atoms with van der Waals surface area (Å²) in [5, 5.41) is 4.77. The van der Waals surface area contributed by atoms with Crippen molar-refractivity contribution in [1.82, 2.24) is 19.9 Å². The lowest BCUT2D eigenvalue weighted by Gasteiger charge is -2.17. The summed E-state index contributed by atoms with van der Waals surface area (Å²) >= 11 is 3.69. The van der Waals surface area contributed by atoms with Crippen LogP contribution in [0.4, 0.5) is 5.82 Å². The van der Waals surface area contributed by atoms with E-state index in [2.05, 4.69) is 34.5 Å². The normalized spacial score (nSPS) is 21.8. The average Bonchev–Trinajstić information content (AvgIpc) is 3.29. The van der Waals surface area contributed by atoms with Crippen LogP contribution in [0.5, 0.6) is 0 Å². The minimum Gasteiger partial charge on any atom is -0.367 e. The van der Waals surface area contributed by atoms with Gasteiger partial charge in [-0.05, 0) is 69.9 Å². The summed E-state index contributed by atoms with van der Waals surface area (Å²) in [6.45, 7) is 4.05. The van der Waals surface area contributed by atoms with E-state index in [9.17, 15) is 0 Å². The maximum atomic E-state index is 5.05. The van der Waals surface area contributed by atoms with E-state index in [1.165, 1.54) is 48.3 Å². The molecule has 0 spiro atoms. The number of hydrogen-bond acceptors (Lipinski definition) is 7. The molecule has 0 radical (unpaired) electrons. The lowest BCUT2D eigenvalue weighted by atomic mass is 10.1. The molecule has 2 fully saturated rings. The summed E-state index contributed by atoms with van der Waals surface area (Å²) in [5.41, 5.74) is 4.30. The maximum absolute atomic E-state index is 5.05. The highest BCUT2D eigenvalue weighted by Crippen LogP contribution is 2.44. The van der Waals surface area contributed by atoms with Crippen molar-refractivity contribution in [3.8, 4) is 10.6 Å². The summed E-state index contributed by atoms with van der Waals surface area (Å²) in [6.07, 6.45) is 10.3. The molecule has 1 N–H and O–H groups in total. The van der Waals surface area contributed by atoms with Gasteiger partial charge in [-0.2, -0.15) is 11.8 Å². The van der Waals surface area contributed by atoms with Gasteiger partial charge < -0.3 is 5.32 Å². The molecule has 3 heterocycles. The van der Waals surface area contributed by atoms with Crippen LogP contribution in [0.1, 0.15) is 55.2 Å². The lowest BCUT2D eigenvalue weighted by Crippen LogP contribution is -2.18. The van der Waals surface area contributed by atoms with E-state index in [4.69, 9.17) is 9.97 Å². The molecule has 0 amide bonds. The second-order valence-electron chi connectivity index (χ2n) is 8.39. The fourth-order valence-corrected chi connectivity index (χ4v) is 6.34. The number of rotatable bonds is 6. The standard InChI is InChI=1S/C22H27N5S2/c1-12-18(22-27-20-17(29-22)8-9-23-19(20)15-5-6-15)21(25-13(2)24-12)26-16-7-4-14(10-16)11-28-3/h8-9,14-16H,4-7,10-11H2,1-3H3,(H,24,25,26). The molecule has 0 aromatic carbocycles. The molecule has 7 heteroatoms. The third kappa shape index (κ3) is 3.87. The van der Waals surface area contributed by atoms with Crippen molar-refractivity contribution in [2.75, 3.05) is 17.3 Å². The molecule has 3 aromatic rings. The van der Waals surface area contributed by atoms with E-state index >= 15 is 0 Å². The quantitative estimate of drug-likeness (QED) is 0.556. The Bertz CT molecular complexity index is 1040. The van der Waals surface area contributed by atoms with Crippen LogP contribution in [0.15, 0.2) is 12.3 Å². The van der Waals surface area contributed by atoms with E-state index < -0.39 is 0 Å². The van der Waals surface area contributed by atoms with Gasteiger partial charge in [0.1, 0.15) is 22.2 Å². The Kier molecular flexibility index (Phi) is 5.20. The molecule has 0 aliphatic heterocycles. The number of thiazole rings is 1. The monoisotopic (exact) mass is 425 g/mol. The molecule has 3 aromatic heterocycles. The first-order valence-corrected chi connectivity index (χ1v) is 12.7. The molecule has 2 atom stereocenters. The van der Waals surface area contributed by atoms with Gasteiger partial charge in [0.25, 0.3) is 0 Å². The Morgan fingerprint density at radius 3 is 2.79 bits per heavy atom. The van der Waals surface area contributed by atoms with Crippen LogP contribution in [0.25, 0.3) is 20.8 Å². The fourth-order valence-electron chi connectivity index (χ4n) is 4.50. The van der Waals surface area contributed by atoms with Gasteiger partial charge in [-0.3, -0.25) is 4.98 Å². The highest BCUT2D eigenvalue weighted by atomic mass is 32.2. The molecule has 2 aliphatic rings. The van der Waals surface area contributed by atoms with Crippen LogP contribution in [-0.4, -0.2) is 38.0 Å². The number of aromatic nitrogens is 4. The average molecular weight is 426 g/mol. The minimum absolute atomic E-state index is 0.484. The number of fused-ring (bicyclic) bond motifs is 1. The van der Waals surface area contributed by atoms with Gasteiger partial charge in [0.15, 0.2) is 0 Å². The summed E-state index contributed by atoms with van der Waals surface area (Å²) in [4.78, 5) is 19.2. The van der Waals surface area contributed by atoms with E-state index in [0.29, 0.717) is 12.0 Å². The van der Waals surface area contributed by atoms with Crippen LogP contribution >= 0.6 is 23.1 Å². The van der Waals surface area contributed by atoms with Gasteiger partial charge in [0.05, 0.1) is 21.7 Å². The minimum atomic E-state index is 0.484. The van der Waals surface area contributed by atoms with E-state index in [-0.39, 0.29) is 0 Å². The number of nitrogens with zero attached hydrogens (tertiary/aromatic N) is 4. The maximum Gasteiger partial charge on any atom is 0.140 e. The van der Waals surface area contributed by atoms with Crippen molar-refractivity contribution in [2.45, 2.75) is 57.9 Å². The highest BCUT2D eigenvalue weighted by Gasteiger charge is 2.29. The van der Waals surface area contributed by atoms with Crippen LogP contribution in [0.3, 0.4) is 0 Å². The van der Waals surface area contributed by atoms with Crippen molar-refractivity contribution in [3.63, 3.8) is 0 Å². The van der Waals surface area contributed by atoms with Crippen molar-refractivity contribution < 1.29 is 0 Å². The summed E-state index contributed by atoms with van der Waals surface area (Å²) in [5.74, 6) is 4.42. The van der Waals surface area contributed by atoms with Crippen LogP contribution in [0, 0.1) is 19.8 Å². The predicted molar refractivity (Wildman–Crippen MR) is 123 cm³/mol. The number of thioether (sulfide) groups is 1. The van der Waals surface area contributed by atoms with Crippen molar-refractivity contribution in [1.29, 1.82) is 0 Å². The van der Waals surface area contributed by atoms with Gasteiger partial charge in [-0.1, -0.05) is 0 Å². The lowest BCUT2D eigenvalue weighted by molar-refractivity contribution is 0.613. The third-order valence-corrected chi connectivity index (χ3v) is 7.84. The first kappa shape index (κ1) is 19.2. The number of pyridine rings is 1. The Morgan fingerprint density at radius 2 is 2.00 bits per heavy atom. The van der Waals surface area contributed by atoms with Crippen LogP contribution in [0.2, 0.25) is 0 Å². The number of hydrogen-bond donors (Lipinski definition) is 1. The summed E-state index contributed by atoms with van der Waals surface area (Å²) < 4.78 is 1.21. The van der Waals surface area contributed by atoms with Gasteiger partial charge in [-0.15, -0.1) is 11.3 Å². The molecule has 5 nitrogen and oxygen atoms in total. The Balaban J connectivity index is 1.52. The van der Waals surface area contributed by atoms with Gasteiger partial charge in [-0.25, -0.2) is 15.0 Å².